The van der Waals surface area contributed by atoms with Gasteiger partial charge in [0.1, 0.15) is 24.3 Å². The summed E-state index contributed by atoms with van der Waals surface area (Å²) in [6.07, 6.45) is -3.82. The predicted molar refractivity (Wildman–Crippen MR) is 97.1 cm³/mol. The van der Waals surface area contributed by atoms with Gasteiger partial charge in [-0.3, -0.25) is 0 Å². The Kier molecular flexibility index (Phi) is 7.96. The highest BCUT2D eigenvalue weighted by Crippen LogP contribution is 2.24. The van der Waals surface area contributed by atoms with Crippen LogP contribution in [0.5, 0.6) is 5.75 Å². The lowest BCUT2D eigenvalue weighted by molar-refractivity contribution is -0.274. The second kappa shape index (κ2) is 10.4. The first kappa shape index (κ1) is 21.4. The Balaban J connectivity index is 1.68. The smallest absolute Gasteiger partial charge is 0.406 e. The maximum absolute atomic E-state index is 12.1. The summed E-state index contributed by atoms with van der Waals surface area (Å²) in [7, 11) is 0. The number of benzene rings is 2. The van der Waals surface area contributed by atoms with E-state index in [4.69, 9.17) is 4.28 Å². The van der Waals surface area contributed by atoms with Crippen LogP contribution in [0.3, 0.4) is 0 Å². The van der Waals surface area contributed by atoms with Gasteiger partial charge in [-0.05, 0) is 36.2 Å². The van der Waals surface area contributed by atoms with Crippen LogP contribution in [0.15, 0.2) is 54.6 Å². The molecule has 0 saturated heterocycles. The van der Waals surface area contributed by atoms with Crippen LogP contribution < -0.4 is 20.3 Å². The van der Waals surface area contributed by atoms with E-state index in [1.54, 1.807) is 0 Å². The number of ether oxygens (including phenoxy) is 1. The van der Waals surface area contributed by atoms with Crippen molar-refractivity contribution in [2.45, 2.75) is 18.8 Å². The average molecular weight is 415 g/mol. The number of nitrogens with one attached hydrogen (secondary N) is 3. The number of carbonyl (C=O) groups excluding carboxylic acids is 2. The quantitative estimate of drug-likeness (QED) is 0.191. The molecule has 0 saturated carbocycles. The fourth-order valence-electron chi connectivity index (χ4n) is 2.05. The van der Waals surface area contributed by atoms with E-state index >= 15 is 0 Å². The molecule has 2 aromatic carbocycles. The third kappa shape index (κ3) is 8.18. The number of anilines is 1. The molecule has 0 fully saturated rings. The zero-order valence-electron chi connectivity index (χ0n) is 14.2. The number of hydrogen-bond acceptors (Lipinski definition) is 6. The molecule has 1 unspecified atom stereocenters. The number of alkyl halides is 3. The first-order valence-corrected chi connectivity index (χ1v) is 8.60. The first-order chi connectivity index (χ1) is 13.4. The van der Waals surface area contributed by atoms with Crippen molar-refractivity contribution in [3.8, 4) is 5.75 Å². The average Bonchev–Trinajstić information content (AvgIpc) is 2.65. The standard InChI is InChI=1S/C17H16F3N3O4S/c18-17(19,20)26-15-8-6-13(7-9-15)23-28-27-22-16(25)21-14(11-24)10-12-4-2-1-3-5-12/h1-9,11,14,23H,10H2,(H2,21,22,25). The van der Waals surface area contributed by atoms with E-state index in [2.05, 4.69) is 20.3 Å². The second-order valence-electron chi connectivity index (χ2n) is 5.35. The molecule has 0 spiro atoms. The summed E-state index contributed by atoms with van der Waals surface area (Å²) in [6.45, 7) is 0. The van der Waals surface area contributed by atoms with Crippen molar-refractivity contribution in [1.82, 2.24) is 10.8 Å². The SMILES string of the molecule is O=CC(Cc1ccccc1)NC(=O)NOSNc1ccc(OC(F)(F)F)cc1. The van der Waals surface area contributed by atoms with Crippen molar-refractivity contribution >= 4 is 30.2 Å². The van der Waals surface area contributed by atoms with Crippen LogP contribution in [0.2, 0.25) is 0 Å². The number of hydrogen-bond donors (Lipinski definition) is 3. The van der Waals surface area contributed by atoms with Gasteiger partial charge in [0.15, 0.2) is 0 Å². The van der Waals surface area contributed by atoms with Gasteiger partial charge in [0, 0.05) is 5.69 Å². The predicted octanol–water partition coefficient (Wildman–Crippen LogP) is 3.60. The summed E-state index contributed by atoms with van der Waals surface area (Å²) in [5, 5.41) is 2.44. The van der Waals surface area contributed by atoms with Crippen LogP contribution >= 0.6 is 12.2 Å². The van der Waals surface area contributed by atoms with Crippen LogP contribution in [-0.4, -0.2) is 24.7 Å². The van der Waals surface area contributed by atoms with Crippen LogP contribution in [0, 0.1) is 0 Å². The highest BCUT2D eigenvalue weighted by Gasteiger charge is 2.30. The van der Waals surface area contributed by atoms with E-state index in [9.17, 15) is 22.8 Å². The van der Waals surface area contributed by atoms with Gasteiger partial charge in [-0.15, -0.1) is 13.2 Å². The summed E-state index contributed by atoms with van der Waals surface area (Å²) in [5.41, 5.74) is 3.36. The van der Waals surface area contributed by atoms with Gasteiger partial charge in [0.2, 0.25) is 0 Å². The lowest BCUT2D eigenvalue weighted by Gasteiger charge is -2.13. The lowest BCUT2D eigenvalue weighted by atomic mass is 10.1. The lowest BCUT2D eigenvalue weighted by Crippen LogP contribution is -2.43. The van der Waals surface area contributed by atoms with Gasteiger partial charge in [0.05, 0.1) is 6.04 Å². The van der Waals surface area contributed by atoms with E-state index < -0.39 is 18.4 Å². The summed E-state index contributed by atoms with van der Waals surface area (Å²) >= 11 is 0.619. The van der Waals surface area contributed by atoms with Crippen molar-refractivity contribution in [3.05, 3.63) is 60.2 Å². The highest BCUT2D eigenvalue weighted by atomic mass is 32.2. The van der Waals surface area contributed by atoms with Gasteiger partial charge in [-0.25, -0.2) is 10.3 Å². The van der Waals surface area contributed by atoms with E-state index in [0.717, 1.165) is 17.7 Å². The zero-order chi connectivity index (χ0) is 20.4. The van der Waals surface area contributed by atoms with Crippen molar-refractivity contribution in [1.29, 1.82) is 0 Å². The van der Waals surface area contributed by atoms with Gasteiger partial charge in [-0.1, -0.05) is 30.3 Å². The minimum absolute atomic E-state index is 0.329. The molecule has 7 nitrogen and oxygen atoms in total. The van der Waals surface area contributed by atoms with Crippen LogP contribution in [0.4, 0.5) is 23.7 Å². The third-order valence-electron chi connectivity index (χ3n) is 3.20. The summed E-state index contributed by atoms with van der Waals surface area (Å²) in [6, 6.07) is 12.6. The topological polar surface area (TPSA) is 88.7 Å². The largest absolute Gasteiger partial charge is 0.573 e. The Morgan fingerprint density at radius 2 is 1.79 bits per heavy atom. The molecule has 0 aliphatic heterocycles. The number of carbonyl (C=O) groups is 2. The molecule has 0 aromatic heterocycles. The fourth-order valence-corrected chi connectivity index (χ4v) is 2.44. The first-order valence-electron chi connectivity index (χ1n) is 7.86. The summed E-state index contributed by atoms with van der Waals surface area (Å²) in [4.78, 5) is 22.8. The van der Waals surface area contributed by atoms with E-state index in [0.29, 0.717) is 30.6 Å². The molecule has 0 radical (unpaired) electrons. The van der Waals surface area contributed by atoms with Crippen LogP contribution in [-0.2, 0) is 15.5 Å². The molecule has 0 aliphatic carbocycles. The maximum Gasteiger partial charge on any atom is 0.573 e. The molecule has 0 bridgehead atoms. The normalized spacial score (nSPS) is 12.0. The van der Waals surface area contributed by atoms with E-state index in [1.807, 2.05) is 30.3 Å². The molecular weight excluding hydrogens is 399 g/mol. The summed E-state index contributed by atoms with van der Waals surface area (Å²) in [5.74, 6) is -0.361. The van der Waals surface area contributed by atoms with Gasteiger partial charge >= 0.3 is 12.4 Å². The van der Waals surface area contributed by atoms with Crippen LogP contribution in [0.25, 0.3) is 0 Å². The van der Waals surface area contributed by atoms with Crippen molar-refractivity contribution in [2.75, 3.05) is 4.72 Å². The number of amides is 2. The fraction of sp³-hybridized carbons (Fsp3) is 0.176. The van der Waals surface area contributed by atoms with Gasteiger partial charge in [-0.2, -0.15) is 4.28 Å². The molecule has 150 valence electrons. The van der Waals surface area contributed by atoms with Crippen LogP contribution in [0.1, 0.15) is 5.56 Å². The third-order valence-corrected chi connectivity index (χ3v) is 3.69. The zero-order valence-corrected chi connectivity index (χ0v) is 15.0. The molecule has 2 rings (SSSR count). The Morgan fingerprint density at radius 1 is 1.11 bits per heavy atom. The van der Waals surface area contributed by atoms with Gasteiger partial charge in [0.25, 0.3) is 0 Å². The van der Waals surface area contributed by atoms with E-state index in [-0.39, 0.29) is 5.75 Å². The molecule has 28 heavy (non-hydrogen) atoms. The Labute approximate surface area is 162 Å². The number of halogens is 3. The van der Waals surface area contributed by atoms with Gasteiger partial charge < -0.3 is 19.6 Å². The molecule has 0 aliphatic rings. The monoisotopic (exact) mass is 415 g/mol. The maximum atomic E-state index is 12.1. The molecule has 1 atom stereocenters. The van der Waals surface area contributed by atoms with Crippen molar-refractivity contribution < 1.29 is 31.8 Å². The second-order valence-corrected chi connectivity index (χ2v) is 5.89. The molecular formula is C17H16F3N3O4S. The Morgan fingerprint density at radius 3 is 2.39 bits per heavy atom. The number of urea groups is 1. The molecule has 2 amide bonds. The molecule has 11 heteroatoms. The Bertz CT molecular complexity index is 760. The Hall–Kier alpha value is -2.92. The summed E-state index contributed by atoms with van der Waals surface area (Å²) < 4.78 is 47.4. The van der Waals surface area contributed by atoms with Crippen molar-refractivity contribution in [3.63, 3.8) is 0 Å². The minimum Gasteiger partial charge on any atom is -0.406 e. The van der Waals surface area contributed by atoms with Crippen molar-refractivity contribution in [2.24, 2.45) is 0 Å². The number of aldehydes is 1. The molecule has 3 N–H and O–H groups in total. The highest BCUT2D eigenvalue weighted by molar-refractivity contribution is 7.95. The number of hydroxylamine groups is 1. The molecule has 2 aromatic rings. The molecule has 0 heterocycles. The van der Waals surface area contributed by atoms with E-state index in [1.165, 1.54) is 12.1 Å². The minimum atomic E-state index is -4.76. The number of rotatable bonds is 9.